The van der Waals surface area contributed by atoms with Gasteiger partial charge < -0.3 is 25.0 Å². The second-order valence-corrected chi connectivity index (χ2v) is 11.2. The molecule has 8 heteroatoms. The van der Waals surface area contributed by atoms with E-state index < -0.39 is 0 Å². The van der Waals surface area contributed by atoms with Gasteiger partial charge in [-0.3, -0.25) is 4.79 Å². The summed E-state index contributed by atoms with van der Waals surface area (Å²) in [4.78, 5) is 29.4. The number of halogens is 1. The third kappa shape index (κ3) is 4.44. The van der Waals surface area contributed by atoms with Crippen LogP contribution in [0, 0.1) is 34.9 Å². The SMILES string of the molecule is COC1CCC2C(C1)CC1C2C2(CCN(C(=O)Nc3ccc(F)cc3)CC2)CN(C(C)=O)[C@H]1CO. The molecule has 5 unspecified atom stereocenters. The maximum atomic E-state index is 13.2. The normalized spacial score (nSPS) is 33.8. The van der Waals surface area contributed by atoms with Crippen LogP contribution in [-0.4, -0.2) is 72.3 Å². The maximum absolute atomic E-state index is 13.2. The number of methoxy groups -OCH3 is 1. The molecule has 1 spiro atoms. The van der Waals surface area contributed by atoms with Crippen molar-refractivity contribution in [3.8, 4) is 0 Å². The van der Waals surface area contributed by atoms with Gasteiger partial charge in [0, 0.05) is 39.4 Å². The van der Waals surface area contributed by atoms with E-state index in [2.05, 4.69) is 5.32 Å². The zero-order valence-corrected chi connectivity index (χ0v) is 20.8. The number of anilines is 1. The average Bonchev–Trinajstić information content (AvgIpc) is 3.25. The Morgan fingerprint density at radius 1 is 1.14 bits per heavy atom. The van der Waals surface area contributed by atoms with Gasteiger partial charge in [-0.05, 0) is 91.9 Å². The number of ether oxygens (including phenoxy) is 1. The Labute approximate surface area is 207 Å². The molecule has 0 bridgehead atoms. The summed E-state index contributed by atoms with van der Waals surface area (Å²) < 4.78 is 18.9. The molecule has 2 saturated carbocycles. The van der Waals surface area contributed by atoms with Gasteiger partial charge in [-0.15, -0.1) is 0 Å². The van der Waals surface area contributed by atoms with Crippen LogP contribution < -0.4 is 5.32 Å². The van der Waals surface area contributed by atoms with Gasteiger partial charge >= 0.3 is 6.03 Å². The van der Waals surface area contributed by atoms with Crippen molar-refractivity contribution in [2.75, 3.05) is 38.7 Å². The predicted octanol–water partition coefficient (Wildman–Crippen LogP) is 3.73. The smallest absolute Gasteiger partial charge is 0.321 e. The highest BCUT2D eigenvalue weighted by Crippen LogP contribution is 2.62. The molecule has 1 aromatic carbocycles. The maximum Gasteiger partial charge on any atom is 0.321 e. The van der Waals surface area contributed by atoms with Gasteiger partial charge in [-0.1, -0.05) is 0 Å². The highest BCUT2D eigenvalue weighted by molar-refractivity contribution is 5.89. The number of piperidine rings is 2. The topological polar surface area (TPSA) is 82.1 Å². The highest BCUT2D eigenvalue weighted by atomic mass is 19.1. The zero-order valence-electron chi connectivity index (χ0n) is 20.8. The molecule has 3 amide bonds. The molecule has 4 aliphatic rings. The predicted molar refractivity (Wildman–Crippen MR) is 130 cm³/mol. The van der Waals surface area contributed by atoms with E-state index in [0.29, 0.717) is 55.1 Å². The van der Waals surface area contributed by atoms with Gasteiger partial charge in [0.2, 0.25) is 5.91 Å². The van der Waals surface area contributed by atoms with E-state index in [1.54, 1.807) is 26.2 Å². The first kappa shape index (κ1) is 24.5. The number of urea groups is 1. The molecule has 1 aromatic rings. The van der Waals surface area contributed by atoms with Crippen molar-refractivity contribution in [3.05, 3.63) is 30.1 Å². The van der Waals surface area contributed by atoms with Crippen molar-refractivity contribution in [2.45, 2.75) is 57.6 Å². The Morgan fingerprint density at radius 3 is 2.49 bits per heavy atom. The third-order valence-electron chi connectivity index (χ3n) is 9.64. The summed E-state index contributed by atoms with van der Waals surface area (Å²) in [5, 5.41) is 13.2. The van der Waals surface area contributed by atoms with Crippen LogP contribution in [0.1, 0.15) is 45.4 Å². The van der Waals surface area contributed by atoms with Crippen LogP contribution in [0.5, 0.6) is 0 Å². The van der Waals surface area contributed by atoms with Gasteiger partial charge in [0.25, 0.3) is 0 Å². The molecule has 4 fully saturated rings. The van der Waals surface area contributed by atoms with E-state index in [1.807, 2.05) is 9.80 Å². The van der Waals surface area contributed by atoms with E-state index >= 15 is 0 Å². The van der Waals surface area contributed by atoms with Crippen LogP contribution in [0.25, 0.3) is 0 Å². The third-order valence-corrected chi connectivity index (χ3v) is 9.64. The summed E-state index contributed by atoms with van der Waals surface area (Å²) in [6, 6.07) is 5.53. The van der Waals surface area contributed by atoms with Crippen LogP contribution in [0.4, 0.5) is 14.9 Å². The van der Waals surface area contributed by atoms with E-state index in [1.165, 1.54) is 12.1 Å². The first-order chi connectivity index (χ1) is 16.8. The molecule has 5 rings (SSSR count). The average molecular weight is 488 g/mol. The number of rotatable bonds is 3. The van der Waals surface area contributed by atoms with Crippen molar-refractivity contribution in [3.63, 3.8) is 0 Å². The molecule has 2 aliphatic heterocycles. The fraction of sp³-hybridized carbons (Fsp3) is 0.704. The van der Waals surface area contributed by atoms with Crippen LogP contribution in [0.15, 0.2) is 24.3 Å². The summed E-state index contributed by atoms with van der Waals surface area (Å²) in [6.45, 7) is 3.55. The minimum Gasteiger partial charge on any atom is -0.394 e. The van der Waals surface area contributed by atoms with Crippen LogP contribution in [0.2, 0.25) is 0 Å². The van der Waals surface area contributed by atoms with Crippen LogP contribution in [0.3, 0.4) is 0 Å². The van der Waals surface area contributed by atoms with Gasteiger partial charge in [0.05, 0.1) is 18.8 Å². The molecule has 7 nitrogen and oxygen atoms in total. The number of hydrogen-bond acceptors (Lipinski definition) is 4. The summed E-state index contributed by atoms with van der Waals surface area (Å²) in [5.41, 5.74) is 0.546. The monoisotopic (exact) mass is 487 g/mol. The molecule has 0 radical (unpaired) electrons. The van der Waals surface area contributed by atoms with Gasteiger partial charge in [-0.25, -0.2) is 9.18 Å². The minimum absolute atomic E-state index is 0.0101. The number of carbonyl (C=O) groups excluding carboxylic acids is 2. The fourth-order valence-corrected chi connectivity index (χ4v) is 8.07. The Bertz CT molecular complexity index is 933. The molecular formula is C27H38FN3O4. The van der Waals surface area contributed by atoms with E-state index in [9.17, 15) is 19.1 Å². The quantitative estimate of drug-likeness (QED) is 0.681. The Balaban J connectivity index is 1.35. The lowest BCUT2D eigenvalue weighted by atomic mass is 9.57. The molecule has 192 valence electrons. The van der Waals surface area contributed by atoms with Crippen molar-refractivity contribution in [1.29, 1.82) is 0 Å². The second-order valence-electron chi connectivity index (χ2n) is 11.2. The summed E-state index contributed by atoms with van der Waals surface area (Å²) in [7, 11) is 1.80. The van der Waals surface area contributed by atoms with E-state index in [4.69, 9.17) is 4.74 Å². The Morgan fingerprint density at radius 2 is 1.86 bits per heavy atom. The van der Waals surface area contributed by atoms with Crippen LogP contribution in [-0.2, 0) is 9.53 Å². The largest absolute Gasteiger partial charge is 0.394 e. The zero-order chi connectivity index (χ0) is 24.7. The number of carbonyl (C=O) groups is 2. The number of hydrogen-bond donors (Lipinski definition) is 2. The lowest BCUT2D eigenvalue weighted by molar-refractivity contribution is -0.151. The number of nitrogens with one attached hydrogen (secondary N) is 1. The summed E-state index contributed by atoms with van der Waals surface area (Å²) in [6.07, 6.45) is 6.33. The highest BCUT2D eigenvalue weighted by Gasteiger charge is 2.61. The molecular weight excluding hydrogens is 449 g/mol. The number of aliphatic hydroxyl groups excluding tert-OH is 1. The summed E-state index contributed by atoms with van der Waals surface area (Å²) >= 11 is 0. The number of nitrogens with zero attached hydrogens (tertiary/aromatic N) is 2. The molecule has 2 heterocycles. The Kier molecular flexibility index (Phi) is 6.79. The van der Waals surface area contributed by atoms with Crippen molar-refractivity contribution in [2.24, 2.45) is 29.1 Å². The van der Waals surface area contributed by atoms with E-state index in [-0.39, 0.29) is 35.8 Å². The van der Waals surface area contributed by atoms with E-state index in [0.717, 1.165) is 38.5 Å². The Hall–Kier alpha value is -2.19. The number of likely N-dealkylation sites (tertiary alicyclic amines) is 2. The molecule has 35 heavy (non-hydrogen) atoms. The molecule has 2 saturated heterocycles. The first-order valence-corrected chi connectivity index (χ1v) is 13.1. The number of aliphatic hydroxyl groups is 1. The second kappa shape index (κ2) is 9.69. The van der Waals surface area contributed by atoms with Gasteiger partial charge in [0.1, 0.15) is 5.82 Å². The lowest BCUT2D eigenvalue weighted by Gasteiger charge is -2.58. The van der Waals surface area contributed by atoms with Crippen LogP contribution >= 0.6 is 0 Å². The number of benzene rings is 1. The standard InChI is InChI=1S/C27H38FN3O4/c1-17(33)31-16-27(9-11-30(12-10-27)26(34)29-20-5-3-19(28)4-6-20)25-22-8-7-21(35-2)13-18(22)14-23(25)24(31)15-32/h3-6,18,21-25,32H,7-16H2,1-2H3,(H,29,34)/t18?,21?,22?,23?,24-,25?/m0/s1. The lowest BCUT2D eigenvalue weighted by Crippen LogP contribution is -2.63. The molecule has 2 aliphatic carbocycles. The molecule has 2 N–H and O–H groups in total. The minimum atomic E-state index is -0.333. The first-order valence-electron chi connectivity index (χ1n) is 13.1. The number of fused-ring (bicyclic) bond motifs is 4. The molecule has 0 aromatic heterocycles. The number of amides is 3. The van der Waals surface area contributed by atoms with Gasteiger partial charge in [0.15, 0.2) is 0 Å². The fourth-order valence-electron chi connectivity index (χ4n) is 8.07. The van der Waals surface area contributed by atoms with Gasteiger partial charge in [-0.2, -0.15) is 0 Å². The van der Waals surface area contributed by atoms with Crippen molar-refractivity contribution < 1.29 is 23.8 Å². The van der Waals surface area contributed by atoms with Crippen molar-refractivity contribution >= 4 is 17.6 Å². The summed E-state index contributed by atoms with van der Waals surface area (Å²) in [5.74, 6) is 1.61. The molecule has 6 atom stereocenters. The van der Waals surface area contributed by atoms with Crippen molar-refractivity contribution in [1.82, 2.24) is 9.80 Å².